The van der Waals surface area contributed by atoms with Crippen LogP contribution in [0.15, 0.2) is 82.6 Å². The van der Waals surface area contributed by atoms with Crippen LogP contribution in [-0.2, 0) is 16.3 Å². The van der Waals surface area contributed by atoms with Crippen LogP contribution in [0.4, 0.5) is 0 Å². The molecule has 0 aliphatic heterocycles. The zero-order valence-corrected chi connectivity index (χ0v) is 17.7. The zero-order valence-electron chi connectivity index (χ0n) is 16.2. The lowest BCUT2D eigenvalue weighted by molar-refractivity contribution is 0.112. The van der Waals surface area contributed by atoms with Crippen molar-refractivity contribution in [2.24, 2.45) is 0 Å². The van der Waals surface area contributed by atoms with Crippen LogP contribution >= 0.6 is 11.6 Å². The van der Waals surface area contributed by atoms with E-state index >= 15 is 0 Å². The predicted octanol–water partition coefficient (Wildman–Crippen LogP) is 3.85. The molecule has 3 aromatic rings. The molecule has 0 radical (unpaired) electrons. The Balaban J connectivity index is 1.56. The fourth-order valence-corrected chi connectivity index (χ4v) is 4.54. The van der Waals surface area contributed by atoms with Gasteiger partial charge in [0.1, 0.15) is 6.29 Å². The smallest absolute Gasteiger partial charge is 0.206 e. The van der Waals surface area contributed by atoms with Gasteiger partial charge in [0.25, 0.3) is 0 Å². The molecule has 3 rings (SSSR count). The number of halogens is 1. The van der Waals surface area contributed by atoms with Gasteiger partial charge in [0.2, 0.25) is 9.84 Å². The third-order valence-corrected chi connectivity index (χ3v) is 6.70. The summed E-state index contributed by atoms with van der Waals surface area (Å²) in [6, 6.07) is 19.7. The van der Waals surface area contributed by atoms with Gasteiger partial charge in [0, 0.05) is 17.1 Å². The fraction of sp³-hybridized carbons (Fsp3) is 0.174. The highest BCUT2D eigenvalue weighted by molar-refractivity contribution is 7.91. The van der Waals surface area contributed by atoms with E-state index in [1.807, 2.05) is 6.07 Å². The molecule has 30 heavy (non-hydrogen) atoms. The average Bonchev–Trinajstić information content (AvgIpc) is 2.77. The molecule has 7 heteroatoms. The summed E-state index contributed by atoms with van der Waals surface area (Å²) >= 11 is 5.94. The summed E-state index contributed by atoms with van der Waals surface area (Å²) in [5, 5.41) is 14.0. The zero-order chi connectivity index (χ0) is 21.6. The number of carbonyl (C=O) groups excluding carboxylic acids is 1. The lowest BCUT2D eigenvalue weighted by Gasteiger charge is -2.12. The summed E-state index contributed by atoms with van der Waals surface area (Å²) in [6.45, 7) is 1.02. The number of aliphatic hydroxyl groups excluding tert-OH is 1. The Bertz CT molecular complexity index is 1110. The van der Waals surface area contributed by atoms with Crippen molar-refractivity contribution in [3.63, 3.8) is 0 Å². The van der Waals surface area contributed by atoms with Gasteiger partial charge in [0.15, 0.2) is 0 Å². The van der Waals surface area contributed by atoms with Crippen molar-refractivity contribution in [3.05, 3.63) is 94.5 Å². The minimum Gasteiger partial charge on any atom is -0.387 e. The Kier molecular flexibility index (Phi) is 7.39. The molecular formula is C23H22ClNO4S. The van der Waals surface area contributed by atoms with Crippen LogP contribution in [0.25, 0.3) is 0 Å². The second-order valence-electron chi connectivity index (χ2n) is 6.86. The summed E-state index contributed by atoms with van der Waals surface area (Å²) in [7, 11) is -3.68. The normalized spacial score (nSPS) is 12.5. The Morgan fingerprint density at radius 2 is 1.70 bits per heavy atom. The minimum atomic E-state index is -3.68. The van der Waals surface area contributed by atoms with Gasteiger partial charge in [0.05, 0.1) is 15.9 Å². The first-order valence-electron chi connectivity index (χ1n) is 9.43. The first-order valence-corrected chi connectivity index (χ1v) is 11.3. The maximum Gasteiger partial charge on any atom is 0.206 e. The number of hydrogen-bond acceptors (Lipinski definition) is 5. The molecule has 0 aliphatic carbocycles. The van der Waals surface area contributed by atoms with Gasteiger partial charge in [-0.1, -0.05) is 48.0 Å². The highest BCUT2D eigenvalue weighted by atomic mass is 35.5. The lowest BCUT2D eigenvalue weighted by atomic mass is 10.1. The summed E-state index contributed by atoms with van der Waals surface area (Å²) < 4.78 is 25.5. The standard InChI is InChI=1S/C23H22ClNO4S/c24-20-5-2-4-19(14-20)23(27)15-25-12-11-17-7-9-21(10-8-17)30(28,29)22-6-1-3-18(13-22)16-26/h1-10,13-14,16,23,25,27H,11-12,15H2/t23-/m0/s1. The van der Waals surface area contributed by atoms with Gasteiger partial charge in [-0.25, -0.2) is 8.42 Å². The third-order valence-electron chi connectivity index (χ3n) is 4.70. The van der Waals surface area contributed by atoms with Crippen LogP contribution in [-0.4, -0.2) is 32.9 Å². The van der Waals surface area contributed by atoms with Crippen LogP contribution in [0, 0.1) is 0 Å². The molecule has 0 spiro atoms. The first kappa shape index (κ1) is 22.2. The number of hydrogen-bond donors (Lipinski definition) is 2. The van der Waals surface area contributed by atoms with Crippen molar-refractivity contribution in [2.45, 2.75) is 22.3 Å². The maximum atomic E-state index is 12.7. The van der Waals surface area contributed by atoms with Gasteiger partial charge in [-0.05, 0) is 60.5 Å². The number of sulfone groups is 1. The van der Waals surface area contributed by atoms with E-state index in [9.17, 15) is 18.3 Å². The van der Waals surface area contributed by atoms with E-state index in [1.54, 1.807) is 54.6 Å². The van der Waals surface area contributed by atoms with Gasteiger partial charge < -0.3 is 10.4 Å². The van der Waals surface area contributed by atoms with Crippen molar-refractivity contribution in [1.29, 1.82) is 0 Å². The van der Waals surface area contributed by atoms with Gasteiger partial charge in [-0.15, -0.1) is 0 Å². The highest BCUT2D eigenvalue weighted by Gasteiger charge is 2.17. The molecule has 0 heterocycles. The molecule has 3 aromatic carbocycles. The first-order chi connectivity index (χ1) is 14.4. The summed E-state index contributed by atoms with van der Waals surface area (Å²) in [6.07, 6.45) is 0.653. The van der Waals surface area contributed by atoms with E-state index in [2.05, 4.69) is 5.32 Å². The highest BCUT2D eigenvalue weighted by Crippen LogP contribution is 2.22. The monoisotopic (exact) mass is 443 g/mol. The van der Waals surface area contributed by atoms with Crippen LogP contribution in [0.1, 0.15) is 27.6 Å². The number of carbonyl (C=O) groups is 1. The summed E-state index contributed by atoms with van der Waals surface area (Å²) in [4.78, 5) is 11.2. The lowest BCUT2D eigenvalue weighted by Crippen LogP contribution is -2.23. The molecular weight excluding hydrogens is 422 g/mol. The van der Waals surface area contributed by atoms with Crippen molar-refractivity contribution in [3.8, 4) is 0 Å². The molecule has 0 amide bonds. The van der Waals surface area contributed by atoms with E-state index < -0.39 is 15.9 Å². The molecule has 0 saturated carbocycles. The number of aliphatic hydroxyl groups is 1. The van der Waals surface area contributed by atoms with E-state index in [-0.39, 0.29) is 9.79 Å². The summed E-state index contributed by atoms with van der Waals surface area (Å²) in [5.74, 6) is 0. The molecule has 2 N–H and O–H groups in total. The Hall–Kier alpha value is -2.51. The van der Waals surface area contributed by atoms with Crippen LogP contribution in [0.5, 0.6) is 0 Å². The Labute approximate surface area is 181 Å². The third kappa shape index (κ3) is 5.55. The van der Waals surface area contributed by atoms with Crippen molar-refractivity contribution >= 4 is 27.7 Å². The van der Waals surface area contributed by atoms with Gasteiger partial charge >= 0.3 is 0 Å². The van der Waals surface area contributed by atoms with Crippen molar-refractivity contribution in [2.75, 3.05) is 13.1 Å². The molecule has 1 atom stereocenters. The largest absolute Gasteiger partial charge is 0.387 e. The minimum absolute atomic E-state index is 0.0940. The quantitative estimate of drug-likeness (QED) is 0.387. The van der Waals surface area contributed by atoms with E-state index in [0.29, 0.717) is 36.4 Å². The fourth-order valence-electron chi connectivity index (χ4n) is 3.03. The molecule has 0 saturated heterocycles. The molecule has 0 aliphatic rings. The maximum absolute atomic E-state index is 12.7. The number of aldehydes is 1. The van der Waals surface area contributed by atoms with Crippen LogP contribution < -0.4 is 5.32 Å². The number of rotatable bonds is 9. The topological polar surface area (TPSA) is 83.5 Å². The van der Waals surface area contributed by atoms with Crippen molar-refractivity contribution in [1.82, 2.24) is 5.32 Å². The molecule has 0 bridgehead atoms. The van der Waals surface area contributed by atoms with Crippen LogP contribution in [0.2, 0.25) is 5.02 Å². The van der Waals surface area contributed by atoms with Crippen molar-refractivity contribution < 1.29 is 18.3 Å². The molecule has 0 aromatic heterocycles. The number of benzene rings is 3. The van der Waals surface area contributed by atoms with E-state index in [0.717, 1.165) is 11.1 Å². The number of nitrogens with one attached hydrogen (secondary N) is 1. The average molecular weight is 444 g/mol. The Morgan fingerprint density at radius 1 is 0.967 bits per heavy atom. The van der Waals surface area contributed by atoms with E-state index in [4.69, 9.17) is 11.6 Å². The second kappa shape index (κ2) is 10.00. The van der Waals surface area contributed by atoms with E-state index in [1.165, 1.54) is 12.1 Å². The van der Waals surface area contributed by atoms with Gasteiger partial charge in [-0.3, -0.25) is 4.79 Å². The predicted molar refractivity (Wildman–Crippen MR) is 117 cm³/mol. The second-order valence-corrected chi connectivity index (χ2v) is 9.25. The summed E-state index contributed by atoms with van der Waals surface area (Å²) in [5.41, 5.74) is 2.04. The Morgan fingerprint density at radius 3 is 2.40 bits per heavy atom. The molecule has 5 nitrogen and oxygen atoms in total. The molecule has 0 fully saturated rings. The van der Waals surface area contributed by atoms with Crippen LogP contribution in [0.3, 0.4) is 0 Å². The molecule has 0 unspecified atom stereocenters. The SMILES string of the molecule is O=Cc1cccc(S(=O)(=O)c2ccc(CCNC[C@H](O)c3cccc(Cl)c3)cc2)c1. The molecule has 156 valence electrons. The van der Waals surface area contributed by atoms with Gasteiger partial charge in [-0.2, -0.15) is 0 Å².